The third-order valence-corrected chi connectivity index (χ3v) is 3.36. The topological polar surface area (TPSA) is 80.4 Å². The lowest BCUT2D eigenvalue weighted by Gasteiger charge is -2.24. The Kier molecular flexibility index (Phi) is 4.42. The number of anilines is 2. The molecule has 1 atom stereocenters. The zero-order valence-electron chi connectivity index (χ0n) is 11.9. The Labute approximate surface area is 118 Å². The summed E-state index contributed by atoms with van der Waals surface area (Å²) in [6.45, 7) is 2.75. The molecule has 2 rings (SSSR count). The molecule has 0 amide bonds. The van der Waals surface area contributed by atoms with Gasteiger partial charge >= 0.3 is 0 Å². The molecule has 0 aliphatic heterocycles. The molecular formula is C15H21N3O2. The molecule has 0 spiro atoms. The Morgan fingerprint density at radius 1 is 1.35 bits per heavy atom. The van der Waals surface area contributed by atoms with Gasteiger partial charge in [-0.1, -0.05) is 0 Å². The number of nitrogens with one attached hydrogen (secondary N) is 1. The van der Waals surface area contributed by atoms with E-state index >= 15 is 0 Å². The van der Waals surface area contributed by atoms with Gasteiger partial charge in [-0.2, -0.15) is 0 Å². The van der Waals surface area contributed by atoms with Crippen molar-refractivity contribution < 1.29 is 9.84 Å². The predicted molar refractivity (Wildman–Crippen MR) is 81.8 cm³/mol. The van der Waals surface area contributed by atoms with Crippen LogP contribution >= 0.6 is 0 Å². The van der Waals surface area contributed by atoms with Crippen molar-refractivity contribution in [2.75, 3.05) is 31.3 Å². The number of rotatable bonds is 6. The average molecular weight is 275 g/mol. The summed E-state index contributed by atoms with van der Waals surface area (Å²) in [6, 6.07) is 5.65. The second-order valence-corrected chi connectivity index (χ2v) is 5.22. The van der Waals surface area contributed by atoms with E-state index in [1.165, 1.54) is 0 Å². The van der Waals surface area contributed by atoms with Gasteiger partial charge in [0.2, 0.25) is 0 Å². The number of aromatic nitrogens is 1. The first-order chi connectivity index (χ1) is 9.53. The second-order valence-electron chi connectivity index (χ2n) is 5.22. The maximum Gasteiger partial charge on any atom is 0.0813 e. The normalized spacial score (nSPS) is 14.2. The van der Waals surface area contributed by atoms with Crippen molar-refractivity contribution in [1.29, 1.82) is 0 Å². The van der Waals surface area contributed by atoms with Gasteiger partial charge in [0.1, 0.15) is 0 Å². The Morgan fingerprint density at radius 3 is 2.90 bits per heavy atom. The highest BCUT2D eigenvalue weighted by Crippen LogP contribution is 2.27. The molecule has 0 saturated heterocycles. The van der Waals surface area contributed by atoms with Crippen molar-refractivity contribution in [2.45, 2.75) is 18.9 Å². The fourth-order valence-electron chi connectivity index (χ4n) is 2.06. The molecule has 1 aromatic carbocycles. The summed E-state index contributed by atoms with van der Waals surface area (Å²) in [5, 5.41) is 15.4. The van der Waals surface area contributed by atoms with Crippen LogP contribution in [0.25, 0.3) is 10.8 Å². The number of aliphatic hydroxyl groups is 1. The van der Waals surface area contributed by atoms with E-state index in [-0.39, 0.29) is 0 Å². The first-order valence-corrected chi connectivity index (χ1v) is 6.61. The maximum atomic E-state index is 10.3. The van der Waals surface area contributed by atoms with Gasteiger partial charge in [-0.25, -0.2) is 0 Å². The van der Waals surface area contributed by atoms with E-state index in [1.807, 2.05) is 18.2 Å². The molecule has 0 fully saturated rings. The van der Waals surface area contributed by atoms with E-state index in [4.69, 9.17) is 10.5 Å². The van der Waals surface area contributed by atoms with Gasteiger partial charge < -0.3 is 20.9 Å². The standard InChI is InChI=1S/C15H21N3O2/c1-15(19,6-8-20-2)10-18-14-4-3-13(16)11-5-7-17-9-12(11)14/h3-5,7,9,18-19H,6,8,10,16H2,1-2H3. The largest absolute Gasteiger partial charge is 0.398 e. The van der Waals surface area contributed by atoms with Crippen LogP contribution < -0.4 is 11.1 Å². The maximum absolute atomic E-state index is 10.3. The zero-order chi connectivity index (χ0) is 14.6. The van der Waals surface area contributed by atoms with Crippen molar-refractivity contribution in [3.05, 3.63) is 30.6 Å². The molecule has 0 bridgehead atoms. The fourth-order valence-corrected chi connectivity index (χ4v) is 2.06. The zero-order valence-corrected chi connectivity index (χ0v) is 11.9. The lowest BCUT2D eigenvalue weighted by atomic mass is 10.0. The molecule has 4 N–H and O–H groups in total. The lowest BCUT2D eigenvalue weighted by molar-refractivity contribution is 0.0358. The second kappa shape index (κ2) is 6.07. The molecule has 0 aliphatic carbocycles. The molecule has 5 heteroatoms. The van der Waals surface area contributed by atoms with E-state index in [0.717, 1.165) is 22.1 Å². The SMILES string of the molecule is COCCC(C)(O)CNc1ccc(N)c2ccncc12. The summed E-state index contributed by atoms with van der Waals surface area (Å²) < 4.78 is 5.00. The Bertz CT molecular complexity index is 584. The van der Waals surface area contributed by atoms with Crippen LogP contribution in [0.5, 0.6) is 0 Å². The van der Waals surface area contributed by atoms with Crippen LogP contribution in [-0.2, 0) is 4.74 Å². The molecule has 2 aromatic rings. The minimum Gasteiger partial charge on any atom is -0.398 e. The number of hydrogen-bond acceptors (Lipinski definition) is 5. The molecule has 108 valence electrons. The molecule has 0 aliphatic rings. The average Bonchev–Trinajstić information content (AvgIpc) is 2.45. The van der Waals surface area contributed by atoms with Crippen LogP contribution in [0.15, 0.2) is 30.6 Å². The lowest BCUT2D eigenvalue weighted by Crippen LogP contribution is -2.34. The first kappa shape index (κ1) is 14.6. The van der Waals surface area contributed by atoms with Crippen LogP contribution in [0.4, 0.5) is 11.4 Å². The smallest absolute Gasteiger partial charge is 0.0813 e. The number of ether oxygens (including phenoxy) is 1. The quantitative estimate of drug-likeness (QED) is 0.703. The molecule has 1 aromatic heterocycles. The van der Waals surface area contributed by atoms with E-state index in [1.54, 1.807) is 26.4 Å². The number of hydrogen-bond donors (Lipinski definition) is 3. The van der Waals surface area contributed by atoms with Crippen LogP contribution in [0.2, 0.25) is 0 Å². The third kappa shape index (κ3) is 3.37. The van der Waals surface area contributed by atoms with Crippen LogP contribution in [0, 0.1) is 0 Å². The van der Waals surface area contributed by atoms with E-state index in [2.05, 4.69) is 10.3 Å². The summed E-state index contributed by atoms with van der Waals surface area (Å²) in [5.74, 6) is 0. The number of pyridine rings is 1. The predicted octanol–water partition coefficient (Wildman–Crippen LogP) is 2.02. The van der Waals surface area contributed by atoms with Crippen molar-refractivity contribution in [3.8, 4) is 0 Å². The van der Waals surface area contributed by atoms with Crippen molar-refractivity contribution in [3.63, 3.8) is 0 Å². The molecule has 20 heavy (non-hydrogen) atoms. The number of nitrogens with zero attached hydrogens (tertiary/aromatic N) is 1. The van der Waals surface area contributed by atoms with E-state index < -0.39 is 5.60 Å². The molecule has 1 heterocycles. The van der Waals surface area contributed by atoms with Crippen LogP contribution in [0.3, 0.4) is 0 Å². The summed E-state index contributed by atoms with van der Waals surface area (Å²) >= 11 is 0. The van der Waals surface area contributed by atoms with Gasteiger partial charge in [-0.05, 0) is 25.1 Å². The van der Waals surface area contributed by atoms with E-state index in [9.17, 15) is 5.11 Å². The number of nitrogens with two attached hydrogens (primary N) is 1. The number of nitrogen functional groups attached to an aromatic ring is 1. The minimum atomic E-state index is -0.827. The summed E-state index contributed by atoms with van der Waals surface area (Å²) in [5.41, 5.74) is 6.76. The minimum absolute atomic E-state index is 0.435. The fraction of sp³-hybridized carbons (Fsp3) is 0.400. The van der Waals surface area contributed by atoms with Crippen molar-refractivity contribution in [1.82, 2.24) is 4.98 Å². The van der Waals surface area contributed by atoms with Crippen LogP contribution in [-0.4, -0.2) is 36.0 Å². The third-order valence-electron chi connectivity index (χ3n) is 3.36. The van der Waals surface area contributed by atoms with Gasteiger partial charge in [0.05, 0.1) is 5.60 Å². The van der Waals surface area contributed by atoms with Crippen molar-refractivity contribution in [2.24, 2.45) is 0 Å². The van der Waals surface area contributed by atoms with Crippen LogP contribution in [0.1, 0.15) is 13.3 Å². The summed E-state index contributed by atoms with van der Waals surface area (Å²) in [6.07, 6.45) is 4.07. The highest BCUT2D eigenvalue weighted by atomic mass is 16.5. The summed E-state index contributed by atoms with van der Waals surface area (Å²) in [4.78, 5) is 4.13. The first-order valence-electron chi connectivity index (χ1n) is 6.61. The Morgan fingerprint density at radius 2 is 2.15 bits per heavy atom. The molecule has 1 unspecified atom stereocenters. The van der Waals surface area contributed by atoms with E-state index in [0.29, 0.717) is 19.6 Å². The summed E-state index contributed by atoms with van der Waals surface area (Å²) in [7, 11) is 1.63. The number of benzene rings is 1. The van der Waals surface area contributed by atoms with Gasteiger partial charge in [0, 0.05) is 61.2 Å². The van der Waals surface area contributed by atoms with Crippen molar-refractivity contribution >= 4 is 22.1 Å². The van der Waals surface area contributed by atoms with Gasteiger partial charge in [-0.15, -0.1) is 0 Å². The number of methoxy groups -OCH3 is 1. The molecular weight excluding hydrogens is 254 g/mol. The molecule has 5 nitrogen and oxygen atoms in total. The van der Waals surface area contributed by atoms with Gasteiger partial charge in [0.25, 0.3) is 0 Å². The number of fused-ring (bicyclic) bond motifs is 1. The van der Waals surface area contributed by atoms with Gasteiger partial charge in [-0.3, -0.25) is 4.98 Å². The highest BCUT2D eigenvalue weighted by Gasteiger charge is 2.20. The Balaban J connectivity index is 2.16. The molecule has 0 saturated carbocycles. The Hall–Kier alpha value is -1.85. The molecule has 0 radical (unpaired) electrons. The monoisotopic (exact) mass is 275 g/mol. The van der Waals surface area contributed by atoms with Gasteiger partial charge in [0.15, 0.2) is 0 Å². The highest BCUT2D eigenvalue weighted by molar-refractivity contribution is 6.00.